The number of fused-ring (bicyclic) bond motifs is 12. The van der Waals surface area contributed by atoms with Crippen molar-refractivity contribution in [3.63, 3.8) is 0 Å². The van der Waals surface area contributed by atoms with Gasteiger partial charge in [-0.1, -0.05) is 121 Å². The third-order valence-corrected chi connectivity index (χ3v) is 10.6. The summed E-state index contributed by atoms with van der Waals surface area (Å²) in [4.78, 5) is 9.58. The van der Waals surface area contributed by atoms with E-state index in [1.807, 2.05) is 12.1 Å². The number of furan rings is 2. The van der Waals surface area contributed by atoms with Crippen LogP contribution in [-0.2, 0) is 0 Å². The predicted octanol–water partition coefficient (Wildman–Crippen LogP) is 13.0. The van der Waals surface area contributed by atoms with Crippen LogP contribution in [0, 0.1) is 6.92 Å². The molecule has 0 unspecified atom stereocenters. The molecule has 0 saturated carbocycles. The minimum atomic E-state index is 0.683. The summed E-state index contributed by atoms with van der Waals surface area (Å²) < 4.78 is 13.0. The van der Waals surface area contributed by atoms with E-state index in [0.29, 0.717) is 5.58 Å². The van der Waals surface area contributed by atoms with E-state index in [1.54, 1.807) is 6.33 Å². The van der Waals surface area contributed by atoms with Crippen LogP contribution in [0.3, 0.4) is 0 Å². The van der Waals surface area contributed by atoms with E-state index in [1.165, 1.54) is 32.3 Å². The molecule has 0 aliphatic heterocycles. The molecule has 0 amide bonds. The molecule has 0 N–H and O–H groups in total. The quantitative estimate of drug-likeness (QED) is 0.178. The monoisotopic (exact) mass is 652 g/mol. The lowest BCUT2D eigenvalue weighted by atomic mass is 9.92. The van der Waals surface area contributed by atoms with Crippen LogP contribution < -0.4 is 0 Å². The molecule has 11 rings (SSSR count). The Morgan fingerprint density at radius 2 is 0.941 bits per heavy atom. The Bertz CT molecular complexity index is 3190. The average molecular weight is 653 g/mol. The standard InChI is InChI=1S/C47H28N2O2/c1-27-30(38-17-9-18-39-37-14-6-7-19-42(37)50-46(38)39)15-8-16-31(27)44-47-45(49-26-48-44)41-25-29(21-23-43(41)51-47)28-20-22-36-34-12-3-2-10-32(34)33-11-4-5-13-35(33)40(36)24-28/h2-26H,1H3. The first kappa shape index (κ1) is 28.1. The van der Waals surface area contributed by atoms with E-state index in [9.17, 15) is 0 Å². The largest absolute Gasteiger partial charge is 0.455 e. The lowest BCUT2D eigenvalue weighted by molar-refractivity contribution is 0.667. The second-order valence-electron chi connectivity index (χ2n) is 13.3. The van der Waals surface area contributed by atoms with Gasteiger partial charge in [0.15, 0.2) is 5.58 Å². The van der Waals surface area contributed by atoms with Crippen molar-refractivity contribution in [3.8, 4) is 33.5 Å². The van der Waals surface area contributed by atoms with Gasteiger partial charge in [-0.15, -0.1) is 0 Å². The minimum Gasteiger partial charge on any atom is -0.455 e. The highest BCUT2D eigenvalue weighted by Gasteiger charge is 2.20. The molecule has 0 saturated heterocycles. The molecule has 3 heterocycles. The van der Waals surface area contributed by atoms with Gasteiger partial charge in [-0.25, -0.2) is 9.97 Å². The van der Waals surface area contributed by atoms with Gasteiger partial charge in [-0.3, -0.25) is 0 Å². The summed E-state index contributed by atoms with van der Waals surface area (Å²) in [5.41, 5.74) is 11.3. The number of benzene rings is 8. The predicted molar refractivity (Wildman–Crippen MR) is 210 cm³/mol. The van der Waals surface area contributed by atoms with Crippen molar-refractivity contribution >= 4 is 76.3 Å². The zero-order valence-corrected chi connectivity index (χ0v) is 27.6. The highest BCUT2D eigenvalue weighted by molar-refractivity contribution is 6.26. The summed E-state index contributed by atoms with van der Waals surface area (Å²) in [5.74, 6) is 0. The molecule has 0 radical (unpaired) electrons. The van der Waals surface area contributed by atoms with Crippen molar-refractivity contribution in [3.05, 3.63) is 157 Å². The maximum atomic E-state index is 6.57. The normalized spacial score (nSPS) is 12.0. The zero-order chi connectivity index (χ0) is 33.6. The first-order valence-corrected chi connectivity index (χ1v) is 17.2. The fraction of sp³-hybridized carbons (Fsp3) is 0.0213. The highest BCUT2D eigenvalue weighted by Crippen LogP contribution is 2.42. The van der Waals surface area contributed by atoms with Gasteiger partial charge in [-0.05, 0) is 85.8 Å². The van der Waals surface area contributed by atoms with Crippen LogP contribution in [0.2, 0.25) is 0 Å². The average Bonchev–Trinajstić information content (AvgIpc) is 3.76. The number of para-hydroxylation sites is 2. The molecule has 0 aliphatic rings. The zero-order valence-electron chi connectivity index (χ0n) is 27.6. The van der Waals surface area contributed by atoms with E-state index in [4.69, 9.17) is 18.8 Å². The Morgan fingerprint density at radius 1 is 0.392 bits per heavy atom. The molecule has 0 spiro atoms. The summed E-state index contributed by atoms with van der Waals surface area (Å²) in [7, 11) is 0. The molecular weight excluding hydrogens is 625 g/mol. The summed E-state index contributed by atoms with van der Waals surface area (Å²) in [6.45, 7) is 2.15. The van der Waals surface area contributed by atoms with Crippen molar-refractivity contribution in [2.24, 2.45) is 0 Å². The van der Waals surface area contributed by atoms with Crippen LogP contribution in [0.5, 0.6) is 0 Å². The van der Waals surface area contributed by atoms with Crippen LogP contribution in [-0.4, -0.2) is 9.97 Å². The van der Waals surface area contributed by atoms with E-state index in [0.717, 1.165) is 77.5 Å². The molecule has 0 fully saturated rings. The summed E-state index contributed by atoms with van der Waals surface area (Å²) >= 11 is 0. The van der Waals surface area contributed by atoms with Gasteiger partial charge in [0.05, 0.1) is 0 Å². The Balaban J connectivity index is 1.06. The number of nitrogens with zero attached hydrogens (tertiary/aromatic N) is 2. The van der Waals surface area contributed by atoms with E-state index >= 15 is 0 Å². The lowest BCUT2D eigenvalue weighted by Crippen LogP contribution is -1.92. The Labute approximate surface area is 292 Å². The van der Waals surface area contributed by atoms with Gasteiger partial charge in [0.2, 0.25) is 0 Å². The van der Waals surface area contributed by atoms with Gasteiger partial charge in [0.1, 0.15) is 34.3 Å². The van der Waals surface area contributed by atoms with Crippen molar-refractivity contribution in [1.82, 2.24) is 9.97 Å². The summed E-state index contributed by atoms with van der Waals surface area (Å²) in [6.07, 6.45) is 1.65. The highest BCUT2D eigenvalue weighted by atomic mass is 16.3. The van der Waals surface area contributed by atoms with Crippen LogP contribution in [0.15, 0.2) is 161 Å². The van der Waals surface area contributed by atoms with Gasteiger partial charge in [0, 0.05) is 27.3 Å². The van der Waals surface area contributed by atoms with Crippen LogP contribution in [0.25, 0.3) is 110 Å². The number of hydrogen-bond acceptors (Lipinski definition) is 4. The van der Waals surface area contributed by atoms with Crippen molar-refractivity contribution < 1.29 is 8.83 Å². The molecule has 0 bridgehead atoms. The van der Waals surface area contributed by atoms with Gasteiger partial charge >= 0.3 is 0 Å². The summed E-state index contributed by atoms with van der Waals surface area (Å²) in [5, 5.41) is 10.8. The second-order valence-corrected chi connectivity index (χ2v) is 13.3. The molecule has 8 aromatic carbocycles. The van der Waals surface area contributed by atoms with Crippen LogP contribution >= 0.6 is 0 Å². The first-order chi connectivity index (χ1) is 25.2. The number of aromatic nitrogens is 2. The molecule has 0 aliphatic carbocycles. The molecule has 51 heavy (non-hydrogen) atoms. The SMILES string of the molecule is Cc1c(-c2cccc3c2oc2ccccc23)cccc1-c1ncnc2c1oc1ccc(-c3ccc4c5ccccc5c5ccccc5c4c3)cc12. The molecule has 11 aromatic rings. The molecule has 4 heteroatoms. The topological polar surface area (TPSA) is 52.1 Å². The smallest absolute Gasteiger partial charge is 0.180 e. The Morgan fingerprint density at radius 3 is 1.73 bits per heavy atom. The van der Waals surface area contributed by atoms with Crippen molar-refractivity contribution in [2.45, 2.75) is 6.92 Å². The first-order valence-electron chi connectivity index (χ1n) is 17.2. The molecule has 3 aromatic heterocycles. The molecule has 0 atom stereocenters. The van der Waals surface area contributed by atoms with E-state index in [2.05, 4.69) is 140 Å². The summed E-state index contributed by atoms with van der Waals surface area (Å²) in [6, 6.07) is 51.5. The second kappa shape index (κ2) is 10.6. The van der Waals surface area contributed by atoms with Crippen molar-refractivity contribution in [2.75, 3.05) is 0 Å². The maximum absolute atomic E-state index is 6.57. The fourth-order valence-electron chi connectivity index (χ4n) is 8.18. The van der Waals surface area contributed by atoms with E-state index in [-0.39, 0.29) is 0 Å². The third-order valence-electron chi connectivity index (χ3n) is 10.6. The van der Waals surface area contributed by atoms with Gasteiger partial charge < -0.3 is 8.83 Å². The van der Waals surface area contributed by atoms with Gasteiger partial charge in [0.25, 0.3) is 0 Å². The molecular formula is C47H28N2O2. The number of rotatable bonds is 3. The van der Waals surface area contributed by atoms with Crippen LogP contribution in [0.1, 0.15) is 5.56 Å². The van der Waals surface area contributed by atoms with Crippen LogP contribution in [0.4, 0.5) is 0 Å². The fourth-order valence-corrected chi connectivity index (χ4v) is 8.18. The minimum absolute atomic E-state index is 0.683. The van der Waals surface area contributed by atoms with E-state index < -0.39 is 0 Å². The Hall–Kier alpha value is -6.78. The molecule has 4 nitrogen and oxygen atoms in total. The maximum Gasteiger partial charge on any atom is 0.180 e. The lowest BCUT2D eigenvalue weighted by Gasteiger charge is -2.12. The third kappa shape index (κ3) is 4.08. The number of hydrogen-bond donors (Lipinski definition) is 0. The Kier molecular flexibility index (Phi) is 5.84. The van der Waals surface area contributed by atoms with Crippen molar-refractivity contribution in [1.29, 1.82) is 0 Å². The van der Waals surface area contributed by atoms with Gasteiger partial charge in [-0.2, -0.15) is 0 Å². The molecule has 238 valence electrons.